The first kappa shape index (κ1) is 29.6. The van der Waals surface area contributed by atoms with Crippen molar-refractivity contribution in [2.45, 2.75) is 33.7 Å². The van der Waals surface area contributed by atoms with E-state index in [0.29, 0.717) is 55.6 Å². The Morgan fingerprint density at radius 3 is 2.49 bits per heavy atom. The first-order chi connectivity index (χ1) is 19.8. The lowest BCUT2D eigenvalue weighted by atomic mass is 9.95. The monoisotopic (exact) mass is 580 g/mol. The maximum Gasteiger partial charge on any atom is 0.344 e. The van der Waals surface area contributed by atoms with Gasteiger partial charge in [0, 0.05) is 0 Å². The maximum absolute atomic E-state index is 13.9. The highest BCUT2D eigenvalue weighted by Gasteiger charge is 2.33. The Balaban J connectivity index is 1.81. The van der Waals surface area contributed by atoms with Crippen molar-refractivity contribution in [2.24, 2.45) is 4.99 Å². The van der Waals surface area contributed by atoms with E-state index >= 15 is 0 Å². The van der Waals surface area contributed by atoms with E-state index in [1.54, 1.807) is 64.3 Å². The van der Waals surface area contributed by atoms with Crippen molar-refractivity contribution >= 4 is 29.4 Å². The average Bonchev–Trinajstić information content (AvgIpc) is 3.26. The fraction of sp³-hybridized carbons (Fsp3) is 0.333. The third-order valence-corrected chi connectivity index (χ3v) is 7.13. The Kier molecular flexibility index (Phi) is 9.61. The summed E-state index contributed by atoms with van der Waals surface area (Å²) in [7, 11) is 1.56. The number of aromatic nitrogens is 1. The molecule has 0 spiro atoms. The number of hydrogen-bond acceptors (Lipinski definition) is 10. The van der Waals surface area contributed by atoms with Crippen LogP contribution in [0.5, 0.6) is 17.2 Å². The molecule has 1 atom stereocenters. The normalized spacial score (nSPS) is 14.7. The largest absolute Gasteiger partial charge is 0.497 e. The molecule has 41 heavy (non-hydrogen) atoms. The molecule has 10 nitrogen and oxygen atoms in total. The summed E-state index contributed by atoms with van der Waals surface area (Å²) in [5.74, 6) is 0.384. The molecule has 1 aliphatic rings. The van der Waals surface area contributed by atoms with Gasteiger partial charge in [0.15, 0.2) is 22.9 Å². The van der Waals surface area contributed by atoms with Crippen LogP contribution in [0.15, 0.2) is 63.5 Å². The Morgan fingerprint density at radius 1 is 1.00 bits per heavy atom. The van der Waals surface area contributed by atoms with Crippen molar-refractivity contribution in [3.8, 4) is 17.2 Å². The number of rotatable bonds is 11. The van der Waals surface area contributed by atoms with Crippen LogP contribution in [0.4, 0.5) is 0 Å². The Labute approximate surface area is 241 Å². The number of methoxy groups -OCH3 is 1. The predicted molar refractivity (Wildman–Crippen MR) is 153 cm³/mol. The van der Waals surface area contributed by atoms with Gasteiger partial charge in [0.05, 0.1) is 48.8 Å². The van der Waals surface area contributed by atoms with E-state index in [0.717, 1.165) is 0 Å². The lowest BCUT2D eigenvalue weighted by Crippen LogP contribution is -2.39. The van der Waals surface area contributed by atoms with Crippen LogP contribution in [0, 0.1) is 0 Å². The molecule has 0 amide bonds. The molecule has 0 saturated carbocycles. The topological polar surface area (TPSA) is 115 Å². The smallest absolute Gasteiger partial charge is 0.344 e. The molecule has 0 radical (unpaired) electrons. The van der Waals surface area contributed by atoms with Gasteiger partial charge in [0.25, 0.3) is 5.56 Å². The molecule has 0 unspecified atom stereocenters. The fourth-order valence-electron chi connectivity index (χ4n) is 4.41. The van der Waals surface area contributed by atoms with Gasteiger partial charge in [-0.3, -0.25) is 9.36 Å². The lowest BCUT2D eigenvalue weighted by molar-refractivity contribution is -0.145. The van der Waals surface area contributed by atoms with E-state index in [4.69, 9.17) is 23.7 Å². The number of carbonyl (C=O) groups is 2. The van der Waals surface area contributed by atoms with Crippen LogP contribution >= 0.6 is 11.3 Å². The first-order valence-electron chi connectivity index (χ1n) is 13.2. The van der Waals surface area contributed by atoms with Crippen molar-refractivity contribution in [1.82, 2.24) is 4.57 Å². The van der Waals surface area contributed by atoms with Gasteiger partial charge in [-0.2, -0.15) is 0 Å². The van der Waals surface area contributed by atoms with Crippen LogP contribution in [-0.2, 0) is 19.1 Å². The summed E-state index contributed by atoms with van der Waals surface area (Å²) in [6, 6.07) is 11.7. The van der Waals surface area contributed by atoms with Gasteiger partial charge in [-0.25, -0.2) is 14.6 Å². The summed E-state index contributed by atoms with van der Waals surface area (Å²) in [4.78, 5) is 43.8. The molecule has 0 fully saturated rings. The molecule has 216 valence electrons. The zero-order valence-electron chi connectivity index (χ0n) is 23.6. The van der Waals surface area contributed by atoms with Crippen molar-refractivity contribution < 1.29 is 33.3 Å². The van der Waals surface area contributed by atoms with Crippen LogP contribution in [0.2, 0.25) is 0 Å². The zero-order valence-corrected chi connectivity index (χ0v) is 24.4. The molecule has 4 rings (SSSR count). The molecule has 1 aromatic heterocycles. The summed E-state index contributed by atoms with van der Waals surface area (Å²) >= 11 is 1.22. The molecule has 1 aliphatic heterocycles. The van der Waals surface area contributed by atoms with Crippen molar-refractivity contribution in [2.75, 3.05) is 33.5 Å². The Morgan fingerprint density at radius 2 is 1.78 bits per heavy atom. The molecule has 2 aromatic carbocycles. The number of ether oxygens (including phenoxy) is 5. The number of thiazole rings is 1. The summed E-state index contributed by atoms with van der Waals surface area (Å²) in [5.41, 5.74) is 1.83. The van der Waals surface area contributed by atoms with E-state index in [2.05, 4.69) is 4.99 Å². The number of nitrogens with zero attached hydrogens (tertiary/aromatic N) is 2. The summed E-state index contributed by atoms with van der Waals surface area (Å²) in [6.45, 7) is 7.59. The second kappa shape index (κ2) is 13.3. The fourth-order valence-corrected chi connectivity index (χ4v) is 5.46. The molecular weight excluding hydrogens is 548 g/mol. The standard InChI is InChI=1S/C30H32N2O8S/c1-6-37-23-14-19(12-13-22(23)40-17-25(33)38-7-2)15-24-28(34)32-27(20-10-9-11-21(16-20)36-5)26(29(35)39-8-3)18(4)31-30(32)41-24/h9-16,27H,6-8,17H2,1-5H3/b24-15-/t27-/m1/s1. The lowest BCUT2D eigenvalue weighted by Gasteiger charge is -2.25. The van der Waals surface area contributed by atoms with Gasteiger partial charge >= 0.3 is 11.9 Å². The van der Waals surface area contributed by atoms with Gasteiger partial charge in [0.1, 0.15) is 5.75 Å². The van der Waals surface area contributed by atoms with Crippen molar-refractivity contribution in [1.29, 1.82) is 0 Å². The van der Waals surface area contributed by atoms with E-state index in [1.165, 1.54) is 15.9 Å². The average molecular weight is 581 g/mol. The van der Waals surface area contributed by atoms with Gasteiger partial charge in [0.2, 0.25) is 0 Å². The van der Waals surface area contributed by atoms with Crippen LogP contribution in [0.3, 0.4) is 0 Å². The van der Waals surface area contributed by atoms with E-state index < -0.39 is 18.0 Å². The highest BCUT2D eigenvalue weighted by molar-refractivity contribution is 7.07. The molecular formula is C30H32N2O8S. The second-order valence-corrected chi connectivity index (χ2v) is 9.82. The first-order valence-corrected chi connectivity index (χ1v) is 14.0. The number of allylic oxidation sites excluding steroid dienone is 1. The molecule has 0 aliphatic carbocycles. The zero-order chi connectivity index (χ0) is 29.5. The van der Waals surface area contributed by atoms with E-state index in [-0.39, 0.29) is 25.4 Å². The number of carbonyl (C=O) groups excluding carboxylic acids is 2. The number of benzene rings is 2. The number of fused-ring (bicyclic) bond motifs is 1. The van der Waals surface area contributed by atoms with E-state index in [9.17, 15) is 14.4 Å². The predicted octanol–water partition coefficient (Wildman–Crippen LogP) is 3.15. The van der Waals surface area contributed by atoms with Crippen LogP contribution < -0.4 is 29.1 Å². The minimum Gasteiger partial charge on any atom is -0.497 e. The SMILES string of the molecule is CCOC(=O)COc1ccc(/C=c2\sc3n(c2=O)[C@H](c2cccc(OC)c2)C(C(=O)OCC)=C(C)N=3)cc1OCC. The summed E-state index contributed by atoms with van der Waals surface area (Å²) in [5, 5.41) is 0. The highest BCUT2D eigenvalue weighted by Crippen LogP contribution is 2.32. The minimum absolute atomic E-state index is 0.187. The number of esters is 2. The maximum atomic E-state index is 13.9. The van der Waals surface area contributed by atoms with Gasteiger partial charge in [-0.05, 0) is 69.2 Å². The van der Waals surface area contributed by atoms with Crippen LogP contribution in [0.25, 0.3) is 6.08 Å². The van der Waals surface area contributed by atoms with Crippen molar-refractivity contribution in [3.63, 3.8) is 0 Å². The quantitative estimate of drug-likeness (QED) is 0.318. The Hall–Kier alpha value is -4.38. The molecule has 0 bridgehead atoms. The third kappa shape index (κ3) is 6.51. The van der Waals surface area contributed by atoms with Gasteiger partial charge in [-0.15, -0.1) is 0 Å². The minimum atomic E-state index is -0.750. The van der Waals surface area contributed by atoms with Gasteiger partial charge < -0.3 is 23.7 Å². The van der Waals surface area contributed by atoms with E-state index in [1.807, 2.05) is 19.1 Å². The van der Waals surface area contributed by atoms with Gasteiger partial charge in [-0.1, -0.05) is 29.5 Å². The third-order valence-electron chi connectivity index (χ3n) is 6.14. The summed E-state index contributed by atoms with van der Waals surface area (Å²) in [6.07, 6.45) is 1.73. The number of hydrogen-bond donors (Lipinski definition) is 0. The molecule has 0 saturated heterocycles. The van der Waals surface area contributed by atoms with Crippen molar-refractivity contribution in [3.05, 3.63) is 84.5 Å². The highest BCUT2D eigenvalue weighted by atomic mass is 32.1. The second-order valence-electron chi connectivity index (χ2n) is 8.81. The molecule has 3 aromatic rings. The molecule has 11 heteroatoms. The van der Waals surface area contributed by atoms with Crippen LogP contribution in [-0.4, -0.2) is 50.0 Å². The molecule has 2 heterocycles. The molecule has 0 N–H and O–H groups in total. The van der Waals surface area contributed by atoms with Crippen LogP contribution in [0.1, 0.15) is 44.9 Å². The summed E-state index contributed by atoms with van der Waals surface area (Å²) < 4.78 is 28.9. The Bertz CT molecular complexity index is 1650.